The number of tetrazole rings is 1. The number of rotatable bonds is 5. The minimum absolute atomic E-state index is 0.504. The zero-order valence-corrected chi connectivity index (χ0v) is 10.5. The van der Waals surface area contributed by atoms with Gasteiger partial charge in [-0.25, -0.2) is 15.5 Å². The number of nitrogens with two attached hydrogens (primary N) is 1. The van der Waals surface area contributed by atoms with Crippen molar-refractivity contribution in [2.24, 2.45) is 5.84 Å². The Hall–Kier alpha value is -1.67. The molecule has 18 heavy (non-hydrogen) atoms. The van der Waals surface area contributed by atoms with E-state index in [1.54, 1.807) is 18.0 Å². The number of nitrogens with one attached hydrogen (secondary N) is 1. The van der Waals surface area contributed by atoms with Crippen molar-refractivity contribution >= 4 is 17.6 Å². The molecular formula is C10H13N7S. The highest BCUT2D eigenvalue weighted by molar-refractivity contribution is 7.98. The van der Waals surface area contributed by atoms with Crippen LogP contribution in [-0.2, 0) is 5.75 Å². The standard InChI is InChI=1S/C10H13N7S/c11-13-9-4-1-7(5-12-9)6-18-10-14-15-16-17(10)8-2-3-8/h1,4-5,8H,2-3,6,11H2,(H,12,13). The summed E-state index contributed by atoms with van der Waals surface area (Å²) in [5.74, 6) is 6.72. The molecule has 0 saturated heterocycles. The molecular weight excluding hydrogens is 250 g/mol. The third-order valence-corrected chi connectivity index (χ3v) is 3.70. The maximum absolute atomic E-state index is 5.26. The molecule has 8 heteroatoms. The molecule has 7 nitrogen and oxygen atoms in total. The van der Waals surface area contributed by atoms with Crippen LogP contribution in [0.4, 0.5) is 5.82 Å². The molecule has 0 aromatic carbocycles. The van der Waals surface area contributed by atoms with Crippen LogP contribution in [0.5, 0.6) is 0 Å². The van der Waals surface area contributed by atoms with Crippen molar-refractivity contribution in [3.8, 4) is 0 Å². The van der Waals surface area contributed by atoms with Crippen molar-refractivity contribution in [1.82, 2.24) is 25.2 Å². The molecule has 0 aliphatic heterocycles. The van der Waals surface area contributed by atoms with Gasteiger partial charge in [-0.05, 0) is 34.9 Å². The van der Waals surface area contributed by atoms with Gasteiger partial charge in [0, 0.05) is 11.9 Å². The predicted octanol–water partition coefficient (Wildman–Crippen LogP) is 0.981. The van der Waals surface area contributed by atoms with Gasteiger partial charge in [0.25, 0.3) is 0 Å². The van der Waals surface area contributed by atoms with Crippen LogP contribution in [0.1, 0.15) is 24.4 Å². The summed E-state index contributed by atoms with van der Waals surface area (Å²) in [5, 5.41) is 12.6. The predicted molar refractivity (Wildman–Crippen MR) is 67.7 cm³/mol. The molecule has 0 bridgehead atoms. The Morgan fingerprint density at radius 2 is 2.33 bits per heavy atom. The summed E-state index contributed by atoms with van der Waals surface area (Å²) >= 11 is 1.62. The molecule has 2 heterocycles. The zero-order chi connectivity index (χ0) is 12.4. The number of hydrogen-bond donors (Lipinski definition) is 2. The fourth-order valence-electron chi connectivity index (χ4n) is 1.57. The maximum Gasteiger partial charge on any atom is 0.209 e. The highest BCUT2D eigenvalue weighted by Crippen LogP contribution is 2.36. The molecule has 0 amide bonds. The van der Waals surface area contributed by atoms with Crippen molar-refractivity contribution in [2.45, 2.75) is 29.8 Å². The van der Waals surface area contributed by atoms with E-state index in [2.05, 4.69) is 25.9 Å². The second-order valence-electron chi connectivity index (χ2n) is 4.12. The Labute approximate surface area is 108 Å². The van der Waals surface area contributed by atoms with Crippen LogP contribution in [0.2, 0.25) is 0 Å². The van der Waals surface area contributed by atoms with Crippen LogP contribution in [0, 0.1) is 0 Å². The average Bonchev–Trinajstić information content (AvgIpc) is 3.16. The number of aromatic nitrogens is 5. The van der Waals surface area contributed by atoms with Gasteiger partial charge in [0.15, 0.2) is 0 Å². The normalized spacial score (nSPS) is 14.7. The molecule has 2 aromatic heterocycles. The summed E-state index contributed by atoms with van der Waals surface area (Å²) in [6, 6.07) is 4.34. The first kappa shape index (κ1) is 11.4. The van der Waals surface area contributed by atoms with E-state index in [1.165, 1.54) is 12.8 Å². The lowest BCUT2D eigenvalue weighted by atomic mass is 10.3. The van der Waals surface area contributed by atoms with Gasteiger partial charge in [0.05, 0.1) is 6.04 Å². The summed E-state index contributed by atoms with van der Waals surface area (Å²) in [6.45, 7) is 0. The third kappa shape index (κ3) is 2.44. The Morgan fingerprint density at radius 3 is 3.00 bits per heavy atom. The van der Waals surface area contributed by atoms with Crippen molar-refractivity contribution in [3.05, 3.63) is 23.9 Å². The number of hydrazine groups is 1. The average molecular weight is 263 g/mol. The van der Waals surface area contributed by atoms with E-state index >= 15 is 0 Å². The number of pyridine rings is 1. The fourth-order valence-corrected chi connectivity index (χ4v) is 2.45. The molecule has 3 rings (SSSR count). The lowest BCUT2D eigenvalue weighted by Crippen LogP contribution is -2.08. The van der Waals surface area contributed by atoms with Gasteiger partial charge in [-0.1, -0.05) is 17.8 Å². The van der Waals surface area contributed by atoms with Crippen molar-refractivity contribution in [1.29, 1.82) is 0 Å². The molecule has 0 atom stereocenters. The van der Waals surface area contributed by atoms with E-state index in [1.807, 2.05) is 16.8 Å². The number of nitrogens with zero attached hydrogens (tertiary/aromatic N) is 5. The first-order valence-electron chi connectivity index (χ1n) is 5.69. The molecule has 94 valence electrons. The van der Waals surface area contributed by atoms with E-state index < -0.39 is 0 Å². The number of nitrogen functional groups attached to an aromatic ring is 1. The molecule has 0 radical (unpaired) electrons. The zero-order valence-electron chi connectivity index (χ0n) is 9.65. The van der Waals surface area contributed by atoms with E-state index in [0.29, 0.717) is 11.9 Å². The Balaban J connectivity index is 1.64. The Kier molecular flexibility index (Phi) is 3.11. The van der Waals surface area contributed by atoms with Crippen LogP contribution in [0.3, 0.4) is 0 Å². The molecule has 3 N–H and O–H groups in total. The fraction of sp³-hybridized carbons (Fsp3) is 0.400. The van der Waals surface area contributed by atoms with Crippen LogP contribution in [-0.4, -0.2) is 25.2 Å². The SMILES string of the molecule is NNc1ccc(CSc2nnnn2C2CC2)cn1. The van der Waals surface area contributed by atoms with Crippen LogP contribution < -0.4 is 11.3 Å². The molecule has 0 spiro atoms. The Morgan fingerprint density at radius 1 is 1.44 bits per heavy atom. The molecule has 1 aliphatic rings. The molecule has 1 saturated carbocycles. The van der Waals surface area contributed by atoms with E-state index in [9.17, 15) is 0 Å². The largest absolute Gasteiger partial charge is 0.308 e. The van der Waals surface area contributed by atoms with Gasteiger partial charge in [0.1, 0.15) is 5.82 Å². The molecule has 0 unspecified atom stereocenters. The van der Waals surface area contributed by atoms with Gasteiger partial charge >= 0.3 is 0 Å². The van der Waals surface area contributed by atoms with Gasteiger partial charge in [0.2, 0.25) is 5.16 Å². The summed E-state index contributed by atoms with van der Waals surface area (Å²) in [6.07, 6.45) is 4.15. The van der Waals surface area contributed by atoms with E-state index in [4.69, 9.17) is 5.84 Å². The quantitative estimate of drug-likeness (QED) is 0.471. The second kappa shape index (κ2) is 4.91. The lowest BCUT2D eigenvalue weighted by Gasteiger charge is -2.03. The monoisotopic (exact) mass is 263 g/mol. The summed E-state index contributed by atoms with van der Waals surface area (Å²) in [5.41, 5.74) is 3.62. The van der Waals surface area contributed by atoms with Crippen LogP contribution in [0.15, 0.2) is 23.5 Å². The van der Waals surface area contributed by atoms with Crippen LogP contribution in [0.25, 0.3) is 0 Å². The van der Waals surface area contributed by atoms with E-state index in [-0.39, 0.29) is 0 Å². The van der Waals surface area contributed by atoms with Crippen molar-refractivity contribution < 1.29 is 0 Å². The number of anilines is 1. The van der Waals surface area contributed by atoms with Crippen molar-refractivity contribution in [3.63, 3.8) is 0 Å². The van der Waals surface area contributed by atoms with Crippen LogP contribution >= 0.6 is 11.8 Å². The lowest BCUT2D eigenvalue weighted by molar-refractivity contribution is 0.565. The summed E-state index contributed by atoms with van der Waals surface area (Å²) < 4.78 is 1.91. The van der Waals surface area contributed by atoms with Gasteiger partial charge in [-0.3, -0.25) is 0 Å². The smallest absolute Gasteiger partial charge is 0.209 e. The third-order valence-electron chi connectivity index (χ3n) is 2.70. The highest BCUT2D eigenvalue weighted by atomic mass is 32.2. The van der Waals surface area contributed by atoms with Gasteiger partial charge in [-0.2, -0.15) is 0 Å². The van der Waals surface area contributed by atoms with Gasteiger partial charge < -0.3 is 5.43 Å². The highest BCUT2D eigenvalue weighted by Gasteiger charge is 2.27. The minimum atomic E-state index is 0.504. The summed E-state index contributed by atoms with van der Waals surface area (Å²) in [7, 11) is 0. The first-order chi connectivity index (χ1) is 8.86. The molecule has 1 aliphatic carbocycles. The molecule has 2 aromatic rings. The second-order valence-corrected chi connectivity index (χ2v) is 5.06. The first-order valence-corrected chi connectivity index (χ1v) is 6.67. The number of thioether (sulfide) groups is 1. The van der Waals surface area contributed by atoms with Gasteiger partial charge in [-0.15, -0.1) is 5.10 Å². The van der Waals surface area contributed by atoms with E-state index in [0.717, 1.165) is 16.5 Å². The summed E-state index contributed by atoms with van der Waals surface area (Å²) in [4.78, 5) is 4.16. The maximum atomic E-state index is 5.26. The minimum Gasteiger partial charge on any atom is -0.308 e. The number of hydrogen-bond acceptors (Lipinski definition) is 7. The molecule has 1 fully saturated rings. The Bertz CT molecular complexity index is 519. The van der Waals surface area contributed by atoms with Crippen molar-refractivity contribution in [2.75, 3.05) is 5.43 Å². The topological polar surface area (TPSA) is 94.5 Å².